The highest BCUT2D eigenvalue weighted by Gasteiger charge is 2.17. The molecule has 5 heterocycles. The van der Waals surface area contributed by atoms with E-state index in [1.165, 1.54) is 18.4 Å². The van der Waals surface area contributed by atoms with Gasteiger partial charge in [0.05, 0.1) is 24.4 Å². The van der Waals surface area contributed by atoms with E-state index in [2.05, 4.69) is 33.1 Å². The van der Waals surface area contributed by atoms with Gasteiger partial charge in [0.1, 0.15) is 23.9 Å². The predicted octanol–water partition coefficient (Wildman–Crippen LogP) is 3.33. The molecule has 1 fully saturated rings. The van der Waals surface area contributed by atoms with Crippen LogP contribution in [0.1, 0.15) is 35.6 Å². The standard InChI is InChI=1S/C25H28N6O2/c1-32-13-14-33-25-6-4-5-20(28-25)17-22-27-21(18-24(29-22)30-9-2-3-10-30)15-19-7-11-31-12-8-26-23(31)16-19/h4-8,11-12,16,18H,2-3,9-10,13-15,17H2,1H3. The number of aromatic nitrogens is 5. The van der Waals surface area contributed by atoms with Crippen molar-refractivity contribution in [3.05, 3.63) is 77.8 Å². The summed E-state index contributed by atoms with van der Waals surface area (Å²) in [6.45, 7) is 3.08. The summed E-state index contributed by atoms with van der Waals surface area (Å²) in [5.41, 5.74) is 4.01. The average molecular weight is 445 g/mol. The van der Waals surface area contributed by atoms with E-state index in [1.54, 1.807) is 7.11 Å². The van der Waals surface area contributed by atoms with Gasteiger partial charge in [0, 0.05) is 57.3 Å². The van der Waals surface area contributed by atoms with Crippen LogP contribution in [0.15, 0.2) is 55.0 Å². The summed E-state index contributed by atoms with van der Waals surface area (Å²) in [6, 6.07) is 12.2. The largest absolute Gasteiger partial charge is 0.475 e. The fraction of sp³-hybridized carbons (Fsp3) is 0.360. The first-order valence-electron chi connectivity index (χ1n) is 11.4. The minimum absolute atomic E-state index is 0.471. The SMILES string of the molecule is COCCOc1cccc(Cc2nc(Cc3ccn4ccnc4c3)cc(N3CCCC3)n2)n1. The third-order valence-electron chi connectivity index (χ3n) is 5.75. The van der Waals surface area contributed by atoms with Crippen LogP contribution in [0.2, 0.25) is 0 Å². The number of hydrogen-bond acceptors (Lipinski definition) is 7. The molecule has 0 aromatic carbocycles. The number of anilines is 1. The van der Waals surface area contributed by atoms with Crippen molar-refractivity contribution < 1.29 is 9.47 Å². The molecule has 0 radical (unpaired) electrons. The van der Waals surface area contributed by atoms with Gasteiger partial charge in [0.2, 0.25) is 5.88 Å². The molecule has 0 bridgehead atoms. The lowest BCUT2D eigenvalue weighted by molar-refractivity contribution is 0.143. The molecule has 170 valence electrons. The quantitative estimate of drug-likeness (QED) is 0.367. The summed E-state index contributed by atoms with van der Waals surface area (Å²) in [7, 11) is 1.66. The van der Waals surface area contributed by atoms with E-state index in [0.717, 1.165) is 48.2 Å². The Balaban J connectivity index is 1.40. The van der Waals surface area contributed by atoms with Gasteiger partial charge in [0.25, 0.3) is 0 Å². The number of ether oxygens (including phenoxy) is 2. The van der Waals surface area contributed by atoms with Gasteiger partial charge in [-0.15, -0.1) is 0 Å². The Bertz CT molecular complexity index is 1220. The summed E-state index contributed by atoms with van der Waals surface area (Å²) in [5.74, 6) is 2.37. The Morgan fingerprint density at radius 2 is 1.82 bits per heavy atom. The minimum Gasteiger partial charge on any atom is -0.475 e. The molecule has 4 aromatic rings. The second-order valence-corrected chi connectivity index (χ2v) is 8.22. The highest BCUT2D eigenvalue weighted by molar-refractivity contribution is 5.45. The van der Waals surface area contributed by atoms with Crippen molar-refractivity contribution in [3.63, 3.8) is 0 Å². The van der Waals surface area contributed by atoms with Crippen molar-refractivity contribution in [1.29, 1.82) is 0 Å². The molecule has 0 aliphatic carbocycles. The van der Waals surface area contributed by atoms with Crippen molar-refractivity contribution in [2.45, 2.75) is 25.7 Å². The molecule has 33 heavy (non-hydrogen) atoms. The number of fused-ring (bicyclic) bond motifs is 1. The number of hydrogen-bond donors (Lipinski definition) is 0. The van der Waals surface area contributed by atoms with Crippen LogP contribution in [0.4, 0.5) is 5.82 Å². The van der Waals surface area contributed by atoms with E-state index < -0.39 is 0 Å². The van der Waals surface area contributed by atoms with Crippen LogP contribution in [0, 0.1) is 0 Å². The van der Waals surface area contributed by atoms with Crippen LogP contribution in [-0.2, 0) is 17.6 Å². The monoisotopic (exact) mass is 444 g/mol. The lowest BCUT2D eigenvalue weighted by Gasteiger charge is -2.18. The molecule has 1 aliphatic heterocycles. The van der Waals surface area contributed by atoms with E-state index in [4.69, 9.17) is 19.4 Å². The third kappa shape index (κ3) is 5.28. The molecule has 5 rings (SSSR count). The number of nitrogens with zero attached hydrogens (tertiary/aromatic N) is 6. The minimum atomic E-state index is 0.471. The fourth-order valence-corrected chi connectivity index (χ4v) is 4.11. The zero-order valence-electron chi connectivity index (χ0n) is 18.9. The Kier molecular flexibility index (Phi) is 6.44. The molecule has 0 spiro atoms. The maximum absolute atomic E-state index is 5.67. The van der Waals surface area contributed by atoms with Gasteiger partial charge in [-0.1, -0.05) is 6.07 Å². The first-order valence-corrected chi connectivity index (χ1v) is 11.4. The van der Waals surface area contributed by atoms with Crippen LogP contribution >= 0.6 is 0 Å². The van der Waals surface area contributed by atoms with Crippen molar-refractivity contribution in [2.24, 2.45) is 0 Å². The molecule has 0 amide bonds. The summed E-state index contributed by atoms with van der Waals surface area (Å²) in [4.78, 5) is 21.2. The molecule has 0 saturated carbocycles. The maximum Gasteiger partial charge on any atom is 0.213 e. The maximum atomic E-state index is 5.67. The number of methoxy groups -OCH3 is 1. The Morgan fingerprint density at radius 1 is 0.909 bits per heavy atom. The molecule has 1 aliphatic rings. The molecular formula is C25H28N6O2. The van der Waals surface area contributed by atoms with Gasteiger partial charge < -0.3 is 18.8 Å². The molecule has 0 atom stereocenters. The summed E-state index contributed by atoms with van der Waals surface area (Å²) >= 11 is 0. The zero-order valence-corrected chi connectivity index (χ0v) is 18.9. The van der Waals surface area contributed by atoms with Crippen molar-refractivity contribution >= 4 is 11.5 Å². The summed E-state index contributed by atoms with van der Waals surface area (Å²) in [6.07, 6.45) is 9.49. The first-order chi connectivity index (χ1) is 16.3. The number of imidazole rings is 1. The highest BCUT2D eigenvalue weighted by atomic mass is 16.5. The summed E-state index contributed by atoms with van der Waals surface area (Å²) < 4.78 is 12.7. The van der Waals surface area contributed by atoms with Gasteiger partial charge in [-0.05, 0) is 36.6 Å². The second kappa shape index (κ2) is 9.95. The fourth-order valence-electron chi connectivity index (χ4n) is 4.11. The molecule has 0 unspecified atom stereocenters. The molecule has 8 nitrogen and oxygen atoms in total. The average Bonchev–Trinajstić information content (AvgIpc) is 3.51. The number of pyridine rings is 2. The van der Waals surface area contributed by atoms with E-state index in [1.807, 2.05) is 41.2 Å². The van der Waals surface area contributed by atoms with Gasteiger partial charge in [-0.3, -0.25) is 0 Å². The van der Waals surface area contributed by atoms with E-state index in [9.17, 15) is 0 Å². The molecular weight excluding hydrogens is 416 g/mol. The van der Waals surface area contributed by atoms with Crippen molar-refractivity contribution in [3.8, 4) is 5.88 Å². The van der Waals surface area contributed by atoms with Gasteiger partial charge in [0.15, 0.2) is 0 Å². The summed E-state index contributed by atoms with van der Waals surface area (Å²) in [5, 5.41) is 0. The molecule has 1 saturated heterocycles. The normalized spacial score (nSPS) is 13.7. The highest BCUT2D eigenvalue weighted by Crippen LogP contribution is 2.21. The van der Waals surface area contributed by atoms with E-state index >= 15 is 0 Å². The Hall–Kier alpha value is -3.52. The van der Waals surface area contributed by atoms with E-state index in [-0.39, 0.29) is 0 Å². The Labute approximate surface area is 193 Å². The first kappa shape index (κ1) is 21.3. The lowest BCUT2D eigenvalue weighted by atomic mass is 10.1. The van der Waals surface area contributed by atoms with Crippen LogP contribution < -0.4 is 9.64 Å². The lowest BCUT2D eigenvalue weighted by Crippen LogP contribution is -2.20. The number of rotatable bonds is 9. The van der Waals surface area contributed by atoms with Crippen molar-refractivity contribution in [2.75, 3.05) is 38.3 Å². The van der Waals surface area contributed by atoms with Crippen LogP contribution in [-0.4, -0.2) is 57.7 Å². The van der Waals surface area contributed by atoms with Gasteiger partial charge >= 0.3 is 0 Å². The second-order valence-electron chi connectivity index (χ2n) is 8.22. The topological polar surface area (TPSA) is 77.7 Å². The molecule has 0 N–H and O–H groups in total. The zero-order chi connectivity index (χ0) is 22.5. The van der Waals surface area contributed by atoms with Gasteiger partial charge in [-0.2, -0.15) is 0 Å². The van der Waals surface area contributed by atoms with E-state index in [0.29, 0.717) is 25.5 Å². The van der Waals surface area contributed by atoms with Crippen LogP contribution in [0.5, 0.6) is 5.88 Å². The van der Waals surface area contributed by atoms with Crippen LogP contribution in [0.25, 0.3) is 5.65 Å². The molecule has 8 heteroatoms. The predicted molar refractivity (Wildman–Crippen MR) is 126 cm³/mol. The van der Waals surface area contributed by atoms with Crippen LogP contribution in [0.3, 0.4) is 0 Å². The smallest absolute Gasteiger partial charge is 0.213 e. The Morgan fingerprint density at radius 3 is 2.70 bits per heavy atom. The van der Waals surface area contributed by atoms with Crippen molar-refractivity contribution in [1.82, 2.24) is 24.3 Å². The molecule has 4 aromatic heterocycles. The third-order valence-corrected chi connectivity index (χ3v) is 5.75. The van der Waals surface area contributed by atoms with Gasteiger partial charge in [-0.25, -0.2) is 19.9 Å².